The molecule has 0 saturated heterocycles. The Hall–Kier alpha value is -7.98. The lowest BCUT2D eigenvalue weighted by atomic mass is 10.00. The van der Waals surface area contributed by atoms with E-state index in [0.717, 1.165) is 11.4 Å². The maximum atomic E-state index is 2.55. The Morgan fingerprint density at radius 2 is 0.762 bits per heavy atom. The van der Waals surface area contributed by atoms with Crippen LogP contribution in [0.5, 0.6) is 0 Å². The van der Waals surface area contributed by atoms with Gasteiger partial charge in [-0.2, -0.15) is 0 Å². The summed E-state index contributed by atoms with van der Waals surface area (Å²) in [5.74, 6) is 0. The van der Waals surface area contributed by atoms with Crippen molar-refractivity contribution < 1.29 is 0 Å². The van der Waals surface area contributed by atoms with E-state index in [4.69, 9.17) is 0 Å². The molecule has 0 fully saturated rings. The number of nitrogens with zero attached hydrogens (tertiary/aromatic N) is 2. The molecule has 0 spiro atoms. The van der Waals surface area contributed by atoms with Crippen molar-refractivity contribution in [2.24, 2.45) is 0 Å². The van der Waals surface area contributed by atoms with Crippen molar-refractivity contribution in [3.05, 3.63) is 255 Å². The molecule has 0 atom stereocenters. The van der Waals surface area contributed by atoms with Crippen molar-refractivity contribution in [2.75, 3.05) is 0 Å². The van der Waals surface area contributed by atoms with Crippen LogP contribution in [-0.2, 0) is 0 Å². The van der Waals surface area contributed by atoms with Gasteiger partial charge in [0.05, 0.1) is 27.8 Å². The van der Waals surface area contributed by atoms with Gasteiger partial charge in [0.15, 0.2) is 8.07 Å². The molecule has 0 aliphatic heterocycles. The van der Waals surface area contributed by atoms with Crippen LogP contribution in [0.25, 0.3) is 77.2 Å². The molecule has 0 unspecified atom stereocenters. The van der Waals surface area contributed by atoms with E-state index in [-0.39, 0.29) is 0 Å². The zero-order valence-corrected chi connectivity index (χ0v) is 35.6. The van der Waals surface area contributed by atoms with Crippen LogP contribution < -0.4 is 20.7 Å². The van der Waals surface area contributed by atoms with Gasteiger partial charge in [-0.15, -0.1) is 0 Å². The third-order valence-corrected chi connectivity index (χ3v) is 17.9. The van der Waals surface area contributed by atoms with E-state index in [9.17, 15) is 0 Å². The van der Waals surface area contributed by atoms with Crippen LogP contribution in [0.4, 0.5) is 0 Å². The molecule has 63 heavy (non-hydrogen) atoms. The van der Waals surface area contributed by atoms with Crippen LogP contribution in [0, 0.1) is 0 Å². The largest absolute Gasteiger partial charge is 0.309 e. The average molecular weight is 819 g/mol. The minimum absolute atomic E-state index is 1.13. The van der Waals surface area contributed by atoms with Crippen molar-refractivity contribution in [2.45, 2.75) is 0 Å². The fourth-order valence-electron chi connectivity index (χ4n) is 10.4. The third-order valence-electron chi connectivity index (χ3n) is 13.0. The van der Waals surface area contributed by atoms with E-state index >= 15 is 0 Å². The van der Waals surface area contributed by atoms with Gasteiger partial charge in [-0.3, -0.25) is 0 Å². The topological polar surface area (TPSA) is 9.86 Å². The SMILES string of the molecule is c1ccc(-c2cccc(-n3c4ccccc4c4cc(-c5ccccc5)c(-n5c6ccccc6c6c([Si](c7ccccc7)(c7ccccc7)c7ccccc7)cccc65)cc43)c2)cc1. The molecule has 0 saturated carbocycles. The molecule has 2 aromatic heterocycles. The van der Waals surface area contributed by atoms with Crippen molar-refractivity contribution in [1.29, 1.82) is 0 Å². The van der Waals surface area contributed by atoms with Gasteiger partial charge in [0.2, 0.25) is 0 Å². The summed E-state index contributed by atoms with van der Waals surface area (Å²) in [6, 6.07) is 94.4. The van der Waals surface area contributed by atoms with E-state index in [2.05, 4.69) is 264 Å². The van der Waals surface area contributed by atoms with E-state index < -0.39 is 8.07 Å². The summed E-state index contributed by atoms with van der Waals surface area (Å²) in [5, 5.41) is 10.5. The highest BCUT2D eigenvalue weighted by atomic mass is 28.3. The molecule has 2 heterocycles. The molecule has 3 heteroatoms. The van der Waals surface area contributed by atoms with Crippen LogP contribution in [0.3, 0.4) is 0 Å². The monoisotopic (exact) mass is 818 g/mol. The fraction of sp³-hybridized carbons (Fsp3) is 0. The molecule has 2 nitrogen and oxygen atoms in total. The highest BCUT2D eigenvalue weighted by Crippen LogP contribution is 2.42. The third kappa shape index (κ3) is 5.85. The highest BCUT2D eigenvalue weighted by molar-refractivity contribution is 7.20. The number of rotatable bonds is 8. The van der Waals surface area contributed by atoms with Gasteiger partial charge in [-0.05, 0) is 79.9 Å². The maximum Gasteiger partial charge on any atom is 0.180 e. The highest BCUT2D eigenvalue weighted by Gasteiger charge is 2.43. The quantitative estimate of drug-likeness (QED) is 0.107. The lowest BCUT2D eigenvalue weighted by molar-refractivity contribution is 1.16. The minimum atomic E-state index is -2.92. The number of benzene rings is 10. The Morgan fingerprint density at radius 1 is 0.286 bits per heavy atom. The smallest absolute Gasteiger partial charge is 0.180 e. The van der Waals surface area contributed by atoms with Crippen molar-refractivity contribution in [3.63, 3.8) is 0 Å². The van der Waals surface area contributed by atoms with Crippen LogP contribution in [0.1, 0.15) is 0 Å². The summed E-state index contributed by atoms with van der Waals surface area (Å²) in [6.07, 6.45) is 0. The molecule has 12 aromatic rings. The minimum Gasteiger partial charge on any atom is -0.309 e. The van der Waals surface area contributed by atoms with Gasteiger partial charge >= 0.3 is 0 Å². The molecule has 0 aliphatic carbocycles. The van der Waals surface area contributed by atoms with Gasteiger partial charge in [0, 0.05) is 32.8 Å². The molecule has 296 valence electrons. The second-order valence-corrected chi connectivity index (χ2v) is 20.2. The number of hydrogen-bond acceptors (Lipinski definition) is 0. The van der Waals surface area contributed by atoms with Gasteiger partial charge in [0.25, 0.3) is 0 Å². The second-order valence-electron chi connectivity index (χ2n) is 16.4. The van der Waals surface area contributed by atoms with Crippen LogP contribution in [0.15, 0.2) is 255 Å². The van der Waals surface area contributed by atoms with E-state index in [1.165, 1.54) is 86.6 Å². The first-order chi connectivity index (χ1) is 31.3. The second kappa shape index (κ2) is 15.2. The standard InChI is InChI=1S/C60H42N2Si/c1-6-22-43(23-7-1)45-26-20-27-46(40-45)61-54-36-18-16-34-50(54)53-41-52(44-24-8-2-9-25-44)57(42-58(53)61)62-55-37-19-17-35-51(55)60-56(62)38-21-39-59(60)63(47-28-10-3-11-29-47,48-30-12-4-13-31-48)49-32-14-5-15-33-49/h1-42H. The van der Waals surface area contributed by atoms with Crippen LogP contribution in [-0.4, -0.2) is 17.2 Å². The number of para-hydroxylation sites is 2. The summed E-state index contributed by atoms with van der Waals surface area (Å²) >= 11 is 0. The predicted molar refractivity (Wildman–Crippen MR) is 270 cm³/mol. The molecule has 12 rings (SSSR count). The summed E-state index contributed by atoms with van der Waals surface area (Å²) in [5.41, 5.74) is 11.8. The number of hydrogen-bond donors (Lipinski definition) is 0. The fourth-order valence-corrected chi connectivity index (χ4v) is 15.4. The lowest BCUT2D eigenvalue weighted by Crippen LogP contribution is -2.74. The zero-order chi connectivity index (χ0) is 41.7. The molecule has 0 radical (unpaired) electrons. The van der Waals surface area contributed by atoms with E-state index in [1.54, 1.807) is 0 Å². The number of fused-ring (bicyclic) bond motifs is 6. The Labute approximate surface area is 368 Å². The molecule has 0 N–H and O–H groups in total. The maximum absolute atomic E-state index is 2.92. The van der Waals surface area contributed by atoms with Gasteiger partial charge in [-0.1, -0.05) is 212 Å². The van der Waals surface area contributed by atoms with Crippen LogP contribution in [0.2, 0.25) is 0 Å². The Morgan fingerprint density at radius 3 is 1.38 bits per heavy atom. The summed E-state index contributed by atoms with van der Waals surface area (Å²) in [4.78, 5) is 0. The molecule has 0 bridgehead atoms. The lowest BCUT2D eigenvalue weighted by Gasteiger charge is -2.35. The van der Waals surface area contributed by atoms with Crippen molar-refractivity contribution in [3.8, 4) is 33.6 Å². The Kier molecular flexibility index (Phi) is 8.87. The van der Waals surface area contributed by atoms with Gasteiger partial charge in [0.1, 0.15) is 0 Å². The van der Waals surface area contributed by atoms with Gasteiger partial charge < -0.3 is 9.13 Å². The van der Waals surface area contributed by atoms with Gasteiger partial charge in [-0.25, -0.2) is 0 Å². The zero-order valence-electron chi connectivity index (χ0n) is 34.6. The molecule has 10 aromatic carbocycles. The Balaban J connectivity index is 1.22. The molecular weight excluding hydrogens is 777 g/mol. The van der Waals surface area contributed by atoms with E-state index in [0.29, 0.717) is 0 Å². The molecular formula is C60H42N2Si. The first-order valence-electron chi connectivity index (χ1n) is 21.8. The summed E-state index contributed by atoms with van der Waals surface area (Å²) in [6.45, 7) is 0. The molecule has 0 amide bonds. The summed E-state index contributed by atoms with van der Waals surface area (Å²) in [7, 11) is -2.92. The molecule has 0 aliphatic rings. The van der Waals surface area contributed by atoms with Crippen molar-refractivity contribution >= 4 is 72.4 Å². The number of aromatic nitrogens is 2. The first-order valence-corrected chi connectivity index (χ1v) is 23.8. The average Bonchev–Trinajstić information content (AvgIpc) is 3.88. The van der Waals surface area contributed by atoms with E-state index in [1.807, 2.05) is 0 Å². The predicted octanol–water partition coefficient (Wildman–Crippen LogP) is 12.6. The van der Waals surface area contributed by atoms with Crippen molar-refractivity contribution in [1.82, 2.24) is 9.13 Å². The Bertz CT molecular complexity index is 3500. The van der Waals surface area contributed by atoms with Crippen LogP contribution >= 0.6 is 0 Å². The first kappa shape index (κ1) is 36.8. The normalized spacial score (nSPS) is 11.8. The summed E-state index contributed by atoms with van der Waals surface area (Å²) < 4.78 is 5.02.